The molecule has 7 aromatic carbocycles. The van der Waals surface area contributed by atoms with Gasteiger partial charge in [-0.2, -0.15) is 0 Å². The van der Waals surface area contributed by atoms with Crippen LogP contribution in [0, 0.1) is 0 Å². The second-order valence-electron chi connectivity index (χ2n) is 11.6. The molecule has 0 aliphatic rings. The molecule has 0 N–H and O–H groups in total. The van der Waals surface area contributed by atoms with E-state index in [1.54, 1.807) is 11.3 Å². The van der Waals surface area contributed by atoms with Gasteiger partial charge in [0.05, 0.1) is 6.85 Å². The van der Waals surface area contributed by atoms with E-state index < -0.39 is 18.1 Å². The summed E-state index contributed by atoms with van der Waals surface area (Å²) in [4.78, 5) is 14.6. The summed E-state index contributed by atoms with van der Waals surface area (Å²) in [5, 5.41) is 6.37. The molecular formula is C43H25N3OS. The van der Waals surface area contributed by atoms with Crippen LogP contribution in [0.2, 0.25) is 0 Å². The molecule has 0 radical (unpaired) electrons. The van der Waals surface area contributed by atoms with Crippen LogP contribution in [-0.4, -0.2) is 15.0 Å². The molecule has 3 aromatic heterocycles. The molecule has 5 heteroatoms. The van der Waals surface area contributed by atoms with Crippen LogP contribution in [0.4, 0.5) is 0 Å². The third-order valence-electron chi connectivity index (χ3n) is 8.81. The first-order chi connectivity index (χ1) is 25.8. The Morgan fingerprint density at radius 1 is 0.479 bits per heavy atom. The Morgan fingerprint density at radius 3 is 2.04 bits per heavy atom. The first-order valence-corrected chi connectivity index (χ1v) is 16.3. The number of aromatic nitrogens is 3. The average Bonchev–Trinajstić information content (AvgIpc) is 3.77. The highest BCUT2D eigenvalue weighted by molar-refractivity contribution is 7.26. The number of nitrogens with zero attached hydrogens (tertiary/aromatic N) is 3. The lowest BCUT2D eigenvalue weighted by molar-refractivity contribution is 0.669. The molecule has 224 valence electrons. The number of hydrogen-bond donors (Lipinski definition) is 0. The Balaban J connectivity index is 1.25. The van der Waals surface area contributed by atoms with Crippen LogP contribution in [0.15, 0.2) is 156 Å². The van der Waals surface area contributed by atoms with Crippen molar-refractivity contribution in [1.29, 1.82) is 0 Å². The minimum Gasteiger partial charge on any atom is -0.456 e. The third kappa shape index (κ3) is 4.33. The van der Waals surface area contributed by atoms with Crippen molar-refractivity contribution in [2.45, 2.75) is 0 Å². The van der Waals surface area contributed by atoms with Gasteiger partial charge in [-0.15, -0.1) is 11.3 Å². The fourth-order valence-corrected chi connectivity index (χ4v) is 7.82. The van der Waals surface area contributed by atoms with Crippen LogP contribution >= 0.6 is 11.3 Å². The minimum absolute atomic E-state index is 0.0204. The van der Waals surface area contributed by atoms with Gasteiger partial charge in [-0.3, -0.25) is 0 Å². The zero-order valence-corrected chi connectivity index (χ0v) is 26.0. The Kier molecular flexibility index (Phi) is 4.98. The summed E-state index contributed by atoms with van der Waals surface area (Å²) in [5.41, 5.74) is 4.72. The lowest BCUT2D eigenvalue weighted by Gasteiger charge is -2.13. The summed E-state index contributed by atoms with van der Waals surface area (Å²) >= 11 is 1.76. The highest BCUT2D eigenvalue weighted by Crippen LogP contribution is 2.43. The quantitative estimate of drug-likeness (QED) is 0.193. The first kappa shape index (κ1) is 22.4. The molecule has 4 nitrogen and oxygen atoms in total. The van der Waals surface area contributed by atoms with E-state index in [2.05, 4.69) is 60.7 Å². The number of para-hydroxylation sites is 1. The topological polar surface area (TPSA) is 51.8 Å². The molecule has 0 amide bonds. The van der Waals surface area contributed by atoms with Crippen molar-refractivity contribution in [2.24, 2.45) is 0 Å². The van der Waals surface area contributed by atoms with E-state index in [1.165, 1.54) is 20.2 Å². The molecule has 0 unspecified atom stereocenters. The van der Waals surface area contributed by atoms with Gasteiger partial charge in [0.2, 0.25) is 0 Å². The van der Waals surface area contributed by atoms with E-state index in [0.29, 0.717) is 22.5 Å². The lowest BCUT2D eigenvalue weighted by Crippen LogP contribution is -2.00. The number of furan rings is 1. The Labute approximate surface area is 286 Å². The van der Waals surface area contributed by atoms with E-state index in [0.717, 1.165) is 38.3 Å². The molecule has 48 heavy (non-hydrogen) atoms. The van der Waals surface area contributed by atoms with Gasteiger partial charge in [0.25, 0.3) is 0 Å². The summed E-state index contributed by atoms with van der Waals surface area (Å²) in [5.74, 6) is 0.561. The summed E-state index contributed by atoms with van der Waals surface area (Å²) in [6.45, 7) is 0. The Morgan fingerprint density at radius 2 is 1.17 bits per heavy atom. The largest absolute Gasteiger partial charge is 0.456 e. The number of benzene rings is 7. The molecule has 0 spiro atoms. The maximum absolute atomic E-state index is 8.78. The summed E-state index contributed by atoms with van der Waals surface area (Å²) in [7, 11) is 0. The predicted octanol–water partition coefficient (Wildman–Crippen LogP) is 12.0. The van der Waals surface area contributed by atoms with Crippen LogP contribution in [0.1, 0.15) is 6.85 Å². The van der Waals surface area contributed by atoms with Crippen LogP contribution in [0.5, 0.6) is 0 Å². The zero-order valence-electron chi connectivity index (χ0n) is 30.2. The van der Waals surface area contributed by atoms with Crippen LogP contribution < -0.4 is 0 Å². The molecule has 10 aromatic rings. The molecule has 0 bridgehead atoms. The van der Waals surface area contributed by atoms with Crippen LogP contribution in [0.3, 0.4) is 0 Å². The standard InChI is InChI=1S/C43H25N3OS/c1-2-11-26(12-3-1)41-44-42(28-21-22-32-31-15-6-8-19-37(31)47-38(32)25-28)46-43(45-41)29-23-27-13-4-5-14-30(27)36(24-29)35-18-10-17-34-33-16-7-9-20-39(33)48-40(34)35/h1-25H/i1D,2D,3D,11D,12D. The van der Waals surface area contributed by atoms with Gasteiger partial charge < -0.3 is 4.42 Å². The van der Waals surface area contributed by atoms with E-state index >= 15 is 0 Å². The van der Waals surface area contributed by atoms with Gasteiger partial charge in [0.15, 0.2) is 17.5 Å². The van der Waals surface area contributed by atoms with E-state index in [-0.39, 0.29) is 29.3 Å². The fourth-order valence-electron chi connectivity index (χ4n) is 6.59. The monoisotopic (exact) mass is 636 g/mol. The zero-order chi connectivity index (χ0) is 36.0. The number of fused-ring (bicyclic) bond motifs is 7. The molecule has 0 atom stereocenters. The van der Waals surface area contributed by atoms with Gasteiger partial charge in [-0.1, -0.05) is 115 Å². The first-order valence-electron chi connectivity index (χ1n) is 18.0. The second-order valence-corrected chi connectivity index (χ2v) is 12.7. The highest BCUT2D eigenvalue weighted by Gasteiger charge is 2.18. The second kappa shape index (κ2) is 10.7. The van der Waals surface area contributed by atoms with Crippen molar-refractivity contribution >= 4 is 64.2 Å². The van der Waals surface area contributed by atoms with Crippen molar-refractivity contribution in [2.75, 3.05) is 0 Å². The maximum Gasteiger partial charge on any atom is 0.164 e. The third-order valence-corrected chi connectivity index (χ3v) is 10.0. The van der Waals surface area contributed by atoms with Crippen molar-refractivity contribution in [3.05, 3.63) is 152 Å². The Bertz CT molecular complexity index is 3130. The number of thiophene rings is 1. The molecule has 0 aliphatic heterocycles. The van der Waals surface area contributed by atoms with Gasteiger partial charge in [0, 0.05) is 53.2 Å². The van der Waals surface area contributed by atoms with E-state index in [9.17, 15) is 0 Å². The van der Waals surface area contributed by atoms with Crippen molar-refractivity contribution < 1.29 is 11.3 Å². The number of hydrogen-bond acceptors (Lipinski definition) is 5. The average molecular weight is 637 g/mol. The summed E-state index contributed by atoms with van der Waals surface area (Å²) < 4.78 is 51.1. The number of rotatable bonds is 4. The Hall–Kier alpha value is -6.17. The normalized spacial score (nSPS) is 13.2. The molecule has 0 aliphatic carbocycles. The van der Waals surface area contributed by atoms with Crippen molar-refractivity contribution in [3.8, 4) is 45.3 Å². The van der Waals surface area contributed by atoms with Gasteiger partial charge in [0.1, 0.15) is 11.2 Å². The summed E-state index contributed by atoms with van der Waals surface area (Å²) in [6.07, 6.45) is 0. The lowest BCUT2D eigenvalue weighted by atomic mass is 9.94. The predicted molar refractivity (Wildman–Crippen MR) is 199 cm³/mol. The minimum atomic E-state index is -0.483. The SMILES string of the molecule is [2H]c1c([2H])c([2H])c(-c2nc(-c3cc(-c4cccc5c4sc4ccccc45)c4ccccc4c3)nc(-c3ccc4c(c3)oc3ccccc34)n2)c([2H])c1[2H]. The van der Waals surface area contributed by atoms with E-state index in [4.69, 9.17) is 26.2 Å². The van der Waals surface area contributed by atoms with Crippen molar-refractivity contribution in [3.63, 3.8) is 0 Å². The van der Waals surface area contributed by atoms with Crippen molar-refractivity contribution in [1.82, 2.24) is 15.0 Å². The maximum atomic E-state index is 8.78. The molecule has 0 saturated carbocycles. The molecule has 0 saturated heterocycles. The molecule has 3 heterocycles. The molecule has 10 rings (SSSR count). The van der Waals surface area contributed by atoms with Crippen LogP contribution in [-0.2, 0) is 0 Å². The molecule has 0 fully saturated rings. The molecular weight excluding hydrogens is 607 g/mol. The smallest absolute Gasteiger partial charge is 0.164 e. The van der Waals surface area contributed by atoms with Gasteiger partial charge >= 0.3 is 0 Å². The van der Waals surface area contributed by atoms with Gasteiger partial charge in [-0.25, -0.2) is 15.0 Å². The summed E-state index contributed by atoms with van der Waals surface area (Å²) in [6, 6.07) is 38.5. The van der Waals surface area contributed by atoms with E-state index in [1.807, 2.05) is 60.7 Å². The van der Waals surface area contributed by atoms with Crippen LogP contribution in [0.25, 0.3) is 98.2 Å². The van der Waals surface area contributed by atoms with Gasteiger partial charge in [-0.05, 0) is 52.7 Å². The highest BCUT2D eigenvalue weighted by atomic mass is 32.1. The fraction of sp³-hybridized carbons (Fsp3) is 0.